The first kappa shape index (κ1) is 21.4. The summed E-state index contributed by atoms with van der Waals surface area (Å²) in [5.74, 6) is 7.79. The van der Waals surface area contributed by atoms with Gasteiger partial charge in [0.05, 0.1) is 11.8 Å². The fourth-order valence-electron chi connectivity index (χ4n) is 4.95. The van der Waals surface area contributed by atoms with Crippen molar-refractivity contribution in [3.05, 3.63) is 59.3 Å². The smallest absolute Gasteiger partial charge is 0.146 e. The first-order chi connectivity index (χ1) is 15.6. The molecule has 4 fully saturated rings. The summed E-state index contributed by atoms with van der Waals surface area (Å²) >= 11 is 0. The minimum absolute atomic E-state index is 0.180. The topological polar surface area (TPSA) is 58.1 Å². The van der Waals surface area contributed by atoms with Gasteiger partial charge in [-0.05, 0) is 43.6 Å². The van der Waals surface area contributed by atoms with Crippen LogP contribution in [0.15, 0.2) is 42.5 Å². The van der Waals surface area contributed by atoms with E-state index in [9.17, 15) is 5.11 Å². The molecular weight excluding hydrogens is 402 g/mol. The summed E-state index contributed by atoms with van der Waals surface area (Å²) in [4.78, 5) is 9.53. The Morgan fingerprint density at radius 2 is 1.91 bits per heavy atom. The molecule has 0 unspecified atom stereocenters. The number of hydrogen-bond acceptors (Lipinski definition) is 6. The zero-order valence-corrected chi connectivity index (χ0v) is 18.7. The van der Waals surface area contributed by atoms with Crippen LogP contribution in [0.5, 0.6) is 0 Å². The largest absolute Gasteiger partial charge is 0.376 e. The fraction of sp³-hybridized carbons (Fsp3) is 0.500. The minimum atomic E-state index is -0.914. The molecule has 0 aliphatic carbocycles. The number of anilines is 1. The van der Waals surface area contributed by atoms with E-state index in [1.165, 1.54) is 5.56 Å². The average Bonchev–Trinajstić information content (AvgIpc) is 2.79. The molecule has 2 aromatic rings. The first-order valence-electron chi connectivity index (χ1n) is 11.5. The lowest BCUT2D eigenvalue weighted by Gasteiger charge is -2.47. The van der Waals surface area contributed by atoms with Gasteiger partial charge in [0.25, 0.3) is 0 Å². The summed E-state index contributed by atoms with van der Waals surface area (Å²) < 4.78 is 10.6. The molecule has 168 valence electrons. The summed E-state index contributed by atoms with van der Waals surface area (Å²) in [6, 6.07) is 14.4. The fourth-order valence-corrected chi connectivity index (χ4v) is 4.95. The molecule has 1 atom stereocenters. The van der Waals surface area contributed by atoms with Gasteiger partial charge in [0.15, 0.2) is 0 Å². The minimum Gasteiger partial charge on any atom is -0.376 e. The molecule has 4 aliphatic heterocycles. The summed E-state index contributed by atoms with van der Waals surface area (Å²) in [5.41, 5.74) is 2.14. The van der Waals surface area contributed by atoms with Crippen LogP contribution in [0.3, 0.4) is 0 Å². The van der Waals surface area contributed by atoms with Gasteiger partial charge in [0.2, 0.25) is 0 Å². The van der Waals surface area contributed by atoms with E-state index in [1.807, 2.05) is 24.3 Å². The monoisotopic (exact) mass is 433 g/mol. The van der Waals surface area contributed by atoms with E-state index in [-0.39, 0.29) is 12.0 Å². The molecule has 32 heavy (non-hydrogen) atoms. The summed E-state index contributed by atoms with van der Waals surface area (Å²) in [5, 5.41) is 11.2. The van der Waals surface area contributed by atoms with E-state index in [1.54, 1.807) is 7.11 Å². The van der Waals surface area contributed by atoms with Crippen LogP contribution >= 0.6 is 0 Å². The predicted molar refractivity (Wildman–Crippen MR) is 123 cm³/mol. The Hall–Kier alpha value is -2.43. The highest BCUT2D eigenvalue weighted by Crippen LogP contribution is 2.35. The maximum absolute atomic E-state index is 11.2. The lowest BCUT2D eigenvalue weighted by atomic mass is 9.75. The molecule has 1 N–H and O–H groups in total. The van der Waals surface area contributed by atoms with E-state index < -0.39 is 5.60 Å². The number of rotatable bonds is 6. The highest BCUT2D eigenvalue weighted by atomic mass is 16.7. The van der Waals surface area contributed by atoms with Crippen molar-refractivity contribution in [3.8, 4) is 11.8 Å². The Morgan fingerprint density at radius 1 is 1.12 bits per heavy atom. The van der Waals surface area contributed by atoms with Crippen LogP contribution in [0.1, 0.15) is 29.7 Å². The summed E-state index contributed by atoms with van der Waals surface area (Å²) in [7, 11) is 1.64. The highest BCUT2D eigenvalue weighted by molar-refractivity contribution is 5.50. The van der Waals surface area contributed by atoms with E-state index in [2.05, 4.69) is 39.8 Å². The number of benzene rings is 1. The molecule has 4 aliphatic rings. The van der Waals surface area contributed by atoms with Crippen LogP contribution in [0, 0.1) is 17.8 Å². The van der Waals surface area contributed by atoms with Crippen molar-refractivity contribution < 1.29 is 14.6 Å². The maximum Gasteiger partial charge on any atom is 0.146 e. The van der Waals surface area contributed by atoms with Gasteiger partial charge in [0, 0.05) is 44.6 Å². The van der Waals surface area contributed by atoms with Gasteiger partial charge < -0.3 is 19.5 Å². The lowest BCUT2D eigenvalue weighted by Crippen LogP contribution is -2.58. The number of piperidine rings is 3. The number of nitrogens with zero attached hydrogens (tertiary/aromatic N) is 3. The molecule has 4 saturated heterocycles. The molecule has 2 bridgehead atoms. The number of hydrogen-bond donors (Lipinski definition) is 1. The second-order valence-corrected chi connectivity index (χ2v) is 9.15. The third-order valence-electron chi connectivity index (χ3n) is 6.91. The Bertz CT molecular complexity index is 988. The highest BCUT2D eigenvalue weighted by Gasteiger charge is 2.44. The molecule has 6 rings (SSSR count). The number of ether oxygens (including phenoxy) is 2. The number of fused-ring (bicyclic) bond motifs is 3. The molecule has 0 spiro atoms. The zero-order chi connectivity index (χ0) is 22.0. The Labute approximate surface area is 190 Å². The van der Waals surface area contributed by atoms with Crippen molar-refractivity contribution >= 4 is 5.82 Å². The number of aromatic nitrogens is 1. The molecule has 6 heteroatoms. The van der Waals surface area contributed by atoms with Crippen LogP contribution in [0.25, 0.3) is 0 Å². The van der Waals surface area contributed by atoms with Gasteiger partial charge in [-0.25, -0.2) is 4.98 Å². The van der Waals surface area contributed by atoms with Crippen molar-refractivity contribution in [1.29, 1.82) is 0 Å². The van der Waals surface area contributed by atoms with Crippen molar-refractivity contribution in [3.63, 3.8) is 0 Å². The predicted octanol–water partition coefficient (Wildman–Crippen LogP) is 2.29. The second-order valence-electron chi connectivity index (χ2n) is 9.15. The Morgan fingerprint density at radius 3 is 2.59 bits per heavy atom. The molecule has 0 saturated carbocycles. The zero-order valence-electron chi connectivity index (χ0n) is 18.7. The normalized spacial score (nSPS) is 27.0. The number of aliphatic hydroxyl groups is 1. The third kappa shape index (κ3) is 4.53. The average molecular weight is 434 g/mol. The quantitative estimate of drug-likeness (QED) is 0.557. The molecule has 0 radical (unpaired) electrons. The first-order valence-corrected chi connectivity index (χ1v) is 11.5. The van der Waals surface area contributed by atoms with Crippen LogP contribution in [0.2, 0.25) is 0 Å². The van der Waals surface area contributed by atoms with Gasteiger partial charge in [0.1, 0.15) is 18.2 Å². The van der Waals surface area contributed by atoms with Gasteiger partial charge in [-0.2, -0.15) is 0 Å². The van der Waals surface area contributed by atoms with Crippen LogP contribution < -0.4 is 4.90 Å². The molecular formula is C26H31N3O3. The van der Waals surface area contributed by atoms with Gasteiger partial charge in [-0.1, -0.05) is 42.2 Å². The number of methoxy groups -OCH3 is 1. The number of pyridine rings is 1. The van der Waals surface area contributed by atoms with Crippen molar-refractivity contribution in [2.45, 2.75) is 31.0 Å². The molecule has 5 heterocycles. The van der Waals surface area contributed by atoms with Gasteiger partial charge >= 0.3 is 0 Å². The second kappa shape index (κ2) is 9.21. The molecule has 1 aromatic carbocycles. The third-order valence-corrected chi connectivity index (χ3v) is 6.91. The van der Waals surface area contributed by atoms with Crippen molar-refractivity contribution in [2.75, 3.05) is 51.5 Å². The SMILES string of the molecule is COCOC1CN(c2ccc(C#C[C@@]3(O)CN4CCC3CC4)c(Cc3ccccc3)n2)C1. The standard InChI is InChI=1S/C26H31N3O3/c1-31-19-32-23-16-29(17-23)25-8-7-21(24(27-25)15-20-5-3-2-4-6-20)9-12-26(30)18-28-13-10-22(26)11-14-28/h2-8,22-23,30H,10-11,13-19H2,1H3/t26-/m1/s1. The van der Waals surface area contributed by atoms with E-state index in [0.29, 0.717) is 19.8 Å². The molecule has 0 amide bonds. The Balaban J connectivity index is 1.38. The van der Waals surface area contributed by atoms with E-state index in [4.69, 9.17) is 14.5 Å². The lowest BCUT2D eigenvalue weighted by molar-refractivity contribution is -0.0796. The van der Waals surface area contributed by atoms with Gasteiger partial charge in [-0.3, -0.25) is 4.90 Å². The maximum atomic E-state index is 11.2. The van der Waals surface area contributed by atoms with E-state index in [0.717, 1.165) is 56.1 Å². The van der Waals surface area contributed by atoms with Crippen molar-refractivity contribution in [2.24, 2.45) is 5.92 Å². The Kier molecular flexibility index (Phi) is 6.16. The van der Waals surface area contributed by atoms with Crippen molar-refractivity contribution in [1.82, 2.24) is 9.88 Å². The molecule has 1 aromatic heterocycles. The van der Waals surface area contributed by atoms with Crippen LogP contribution in [0.4, 0.5) is 5.82 Å². The van der Waals surface area contributed by atoms with Gasteiger partial charge in [-0.15, -0.1) is 0 Å². The van der Waals surface area contributed by atoms with Crippen LogP contribution in [-0.4, -0.2) is 73.3 Å². The van der Waals surface area contributed by atoms with E-state index >= 15 is 0 Å². The van der Waals surface area contributed by atoms with Crippen LogP contribution in [-0.2, 0) is 15.9 Å². The summed E-state index contributed by atoms with van der Waals surface area (Å²) in [6.07, 6.45) is 2.95. The molecule has 6 nitrogen and oxygen atoms in total. The summed E-state index contributed by atoms with van der Waals surface area (Å²) in [6.45, 7) is 4.75.